The quantitative estimate of drug-likeness (QED) is 0.369. The molecule has 2 aliphatic heterocycles. The number of likely N-dealkylation sites (tertiary alicyclic amines) is 1. The van der Waals surface area contributed by atoms with E-state index < -0.39 is 33.8 Å². The second kappa shape index (κ2) is 7.41. The number of aliphatic hydroxyl groups excluding tert-OH is 1. The van der Waals surface area contributed by atoms with Gasteiger partial charge >= 0.3 is 10.6 Å². The number of ether oxygens (including phenoxy) is 1. The molecule has 3 N–H and O–H groups in total. The van der Waals surface area contributed by atoms with E-state index in [1.165, 1.54) is 18.4 Å². The molecule has 5 aliphatic rings. The minimum atomic E-state index is -3.11. The Labute approximate surface area is 193 Å². The smallest absolute Gasteiger partial charge is 0.425 e. The highest BCUT2D eigenvalue weighted by atomic mass is 79.9. The number of aliphatic hydroxyl groups is 2. The molecule has 31 heavy (non-hydrogen) atoms. The van der Waals surface area contributed by atoms with Gasteiger partial charge in [0.25, 0.3) is 0 Å². The highest BCUT2D eigenvalue weighted by Gasteiger charge is 2.76. The fraction of sp³-hybridized carbons (Fsp3) is 0.714. The maximum Gasteiger partial charge on any atom is 0.425 e. The predicted octanol–water partition coefficient (Wildman–Crippen LogP) is -2.54. The van der Waals surface area contributed by atoms with Crippen LogP contribution < -0.4 is 21.7 Å². The van der Waals surface area contributed by atoms with Crippen molar-refractivity contribution in [2.24, 2.45) is 5.92 Å². The summed E-state index contributed by atoms with van der Waals surface area (Å²) in [5.74, 6) is 1.46. The van der Waals surface area contributed by atoms with Gasteiger partial charge in [0.2, 0.25) is 0 Å². The Balaban J connectivity index is 0.000000429. The van der Waals surface area contributed by atoms with Crippen LogP contribution in [0.4, 0.5) is 0 Å². The molecule has 1 unspecified atom stereocenters. The van der Waals surface area contributed by atoms with E-state index in [0.29, 0.717) is 18.6 Å². The number of quaternary nitrogens is 1. The lowest BCUT2D eigenvalue weighted by Gasteiger charge is -2.65. The van der Waals surface area contributed by atoms with Crippen molar-refractivity contribution in [1.29, 1.82) is 0 Å². The zero-order valence-electron chi connectivity index (χ0n) is 17.3. The second-order valence-corrected chi connectivity index (χ2v) is 10.4. The van der Waals surface area contributed by atoms with Gasteiger partial charge in [0, 0.05) is 24.3 Å². The number of likely N-dealkylation sites (N-methyl/N-ethyl adjacent to an activating group) is 1. The number of aromatic hydroxyl groups is 1. The van der Waals surface area contributed by atoms with Crippen LogP contribution in [0.25, 0.3) is 0 Å². The molecule has 1 spiro atoms. The van der Waals surface area contributed by atoms with Crippen LogP contribution in [0.15, 0.2) is 12.1 Å². The van der Waals surface area contributed by atoms with E-state index >= 15 is 0 Å². The average Bonchev–Trinajstić information content (AvgIpc) is 3.39. The summed E-state index contributed by atoms with van der Waals surface area (Å²) in [6.07, 6.45) is 4.44. The van der Waals surface area contributed by atoms with Crippen molar-refractivity contribution >= 4 is 10.6 Å². The molecule has 8 nitrogen and oxygen atoms in total. The highest BCUT2D eigenvalue weighted by Crippen LogP contribution is 2.66. The Kier molecular flexibility index (Phi) is 5.49. The number of hydrogen-bond acceptors (Lipinski definition) is 7. The minimum absolute atomic E-state index is 0. The van der Waals surface area contributed by atoms with Crippen molar-refractivity contribution in [2.75, 3.05) is 20.1 Å². The van der Waals surface area contributed by atoms with Crippen molar-refractivity contribution in [3.63, 3.8) is 0 Å². The van der Waals surface area contributed by atoms with Crippen LogP contribution in [0.5, 0.6) is 11.5 Å². The Morgan fingerprint density at radius 3 is 2.52 bits per heavy atom. The Hall–Kier alpha value is -1.20. The largest absolute Gasteiger partial charge is 1.00 e. The molecule has 3 fully saturated rings. The summed E-state index contributed by atoms with van der Waals surface area (Å²) in [4.78, 5) is 0. The molecule has 3 aliphatic carbocycles. The van der Waals surface area contributed by atoms with Gasteiger partial charge in [-0.3, -0.25) is 0 Å². The molecule has 10 heteroatoms. The van der Waals surface area contributed by atoms with Crippen LogP contribution in [0.2, 0.25) is 0 Å². The van der Waals surface area contributed by atoms with Crippen molar-refractivity contribution < 1.29 is 54.1 Å². The Morgan fingerprint density at radius 2 is 1.87 bits per heavy atom. The van der Waals surface area contributed by atoms with Crippen LogP contribution >= 0.6 is 0 Å². The molecule has 2 bridgehead atoms. The van der Waals surface area contributed by atoms with Gasteiger partial charge in [0.05, 0.1) is 31.7 Å². The lowest BCUT2D eigenvalue weighted by Crippen LogP contribution is -3.00. The molecule has 1 aromatic rings. The van der Waals surface area contributed by atoms with Gasteiger partial charge in [-0.1, -0.05) is 6.07 Å². The number of phenolic OH excluding ortho intramolecular Hbond substituents is 1. The molecule has 1 aromatic carbocycles. The average molecular weight is 518 g/mol. The first kappa shape index (κ1) is 23.0. The molecule has 172 valence electrons. The fourth-order valence-corrected chi connectivity index (χ4v) is 7.13. The van der Waals surface area contributed by atoms with Crippen molar-refractivity contribution in [1.82, 2.24) is 0 Å². The van der Waals surface area contributed by atoms with Crippen LogP contribution in [0.1, 0.15) is 43.2 Å². The summed E-state index contributed by atoms with van der Waals surface area (Å²) in [6.45, 7) is 2.15. The van der Waals surface area contributed by atoms with Crippen LogP contribution in [-0.4, -0.2) is 76.4 Å². The topological polar surface area (TPSA) is 121 Å². The monoisotopic (exact) mass is 517 g/mol. The lowest BCUT2D eigenvalue weighted by atomic mass is 9.48. The number of phenols is 1. The zero-order chi connectivity index (χ0) is 21.5. The third-order valence-corrected chi connectivity index (χ3v) is 8.45. The molecule has 0 aromatic heterocycles. The van der Waals surface area contributed by atoms with E-state index in [0.717, 1.165) is 41.9 Å². The fourth-order valence-electron chi connectivity index (χ4n) is 7.13. The van der Waals surface area contributed by atoms with Gasteiger partial charge in [-0.15, -0.1) is 12.6 Å². The van der Waals surface area contributed by atoms with E-state index in [-0.39, 0.29) is 28.8 Å². The number of nitrogens with zero attached hydrogens (tertiary/aromatic N) is 1. The van der Waals surface area contributed by atoms with E-state index in [1.54, 1.807) is 6.07 Å². The van der Waals surface area contributed by atoms with E-state index in [1.807, 2.05) is 6.07 Å². The van der Waals surface area contributed by atoms with Gasteiger partial charge in [-0.25, -0.2) is 0 Å². The van der Waals surface area contributed by atoms with E-state index in [9.17, 15) is 15.3 Å². The number of piperidine rings is 1. The van der Waals surface area contributed by atoms with Gasteiger partial charge in [0.1, 0.15) is 17.7 Å². The third-order valence-electron chi connectivity index (χ3n) is 8.45. The Bertz CT molecular complexity index is 1010. The predicted molar refractivity (Wildman–Crippen MR) is 105 cm³/mol. The summed E-state index contributed by atoms with van der Waals surface area (Å²) in [5, 5.41) is 33.4. The summed E-state index contributed by atoms with van der Waals surface area (Å²) in [6, 6.07) is 3.88. The molecular formula is C21H28BrNO7S. The summed E-state index contributed by atoms with van der Waals surface area (Å²) in [5.41, 5.74) is 0.755. The van der Waals surface area contributed by atoms with Crippen LogP contribution in [0.3, 0.4) is 0 Å². The molecule has 2 saturated carbocycles. The number of rotatable bonds is 2. The molecular weight excluding hydrogens is 490 g/mol. The Morgan fingerprint density at radius 1 is 1.19 bits per heavy atom. The van der Waals surface area contributed by atoms with Crippen LogP contribution in [0, 0.1) is 5.92 Å². The molecule has 1 saturated heterocycles. The normalized spacial score (nSPS) is 41.1. The molecule has 0 amide bonds. The van der Waals surface area contributed by atoms with Crippen molar-refractivity contribution in [3.05, 3.63) is 23.3 Å². The van der Waals surface area contributed by atoms with E-state index in [2.05, 4.69) is 7.05 Å². The minimum Gasteiger partial charge on any atom is -1.00 e. The molecule has 6 atom stereocenters. The summed E-state index contributed by atoms with van der Waals surface area (Å²) >= 11 is 0. The first-order chi connectivity index (χ1) is 14.1. The second-order valence-electron chi connectivity index (χ2n) is 9.99. The zero-order valence-corrected chi connectivity index (χ0v) is 19.7. The molecule has 2 heterocycles. The lowest BCUT2D eigenvalue weighted by molar-refractivity contribution is -0.950. The van der Waals surface area contributed by atoms with Gasteiger partial charge in [-0.05, 0) is 37.3 Å². The van der Waals surface area contributed by atoms with Gasteiger partial charge in [0.15, 0.2) is 11.5 Å². The third kappa shape index (κ3) is 3.09. The molecule has 0 radical (unpaired) electrons. The first-order valence-electron chi connectivity index (χ1n) is 10.7. The van der Waals surface area contributed by atoms with Gasteiger partial charge < -0.3 is 41.5 Å². The molecule has 6 rings (SSSR count). The number of benzene rings is 1. The maximum atomic E-state index is 12.2. The van der Waals surface area contributed by atoms with Gasteiger partial charge in [-0.2, -0.15) is 0 Å². The van der Waals surface area contributed by atoms with Crippen molar-refractivity contribution in [2.45, 2.75) is 67.8 Å². The number of halogens is 1. The maximum absolute atomic E-state index is 12.2. The van der Waals surface area contributed by atoms with Crippen LogP contribution in [-0.2, 0) is 22.4 Å². The van der Waals surface area contributed by atoms with E-state index in [4.69, 9.17) is 17.4 Å². The standard InChI is InChI=1S/C21H27NO4.BrH.O3S/c1-22(11-12-2-3-12)9-8-20-17-13-4-5-14(23)18(17)26-19(20)15(24)6-7-21(20,25)16(22)10-13;;1-4(2)3/h4-5,12,15-16,19,24-25H,2-3,6-11H2,1H3;1H;/t15-,16+,19-,20-,21+,22?;;/m0../s1. The summed E-state index contributed by atoms with van der Waals surface area (Å²) < 4.78 is 32.4. The van der Waals surface area contributed by atoms with Crippen molar-refractivity contribution in [3.8, 4) is 11.5 Å². The highest BCUT2D eigenvalue weighted by molar-refractivity contribution is 7.59. The summed E-state index contributed by atoms with van der Waals surface area (Å²) in [7, 11) is -0.782. The number of hydrogen-bond donors (Lipinski definition) is 3. The first-order valence-corrected chi connectivity index (χ1v) is 11.7. The SMILES string of the molecule is C[N+]1(CC2CC2)CC[C@]23c4c5ccc(O)c4O[C@H]2[C@@H](O)CC[C@@]3(O)[C@H]1C5.O=S(=O)=O.[Br-].